The van der Waals surface area contributed by atoms with Crippen LogP contribution in [0.3, 0.4) is 0 Å². The molecule has 110 valence electrons. The molecule has 4 heteroatoms. The molecule has 3 rings (SSSR count). The summed E-state index contributed by atoms with van der Waals surface area (Å²) in [4.78, 5) is 11.0. The van der Waals surface area contributed by atoms with Crippen molar-refractivity contribution in [2.75, 3.05) is 0 Å². The molecular formula is C18H14BrNO2. The zero-order valence-electron chi connectivity index (χ0n) is 12.0. The molecule has 0 spiro atoms. The summed E-state index contributed by atoms with van der Waals surface area (Å²) in [7, 11) is 0. The van der Waals surface area contributed by atoms with Crippen LogP contribution in [-0.4, -0.2) is 15.6 Å². The Morgan fingerprint density at radius 1 is 0.955 bits per heavy atom. The van der Waals surface area contributed by atoms with E-state index in [2.05, 4.69) is 44.8 Å². The van der Waals surface area contributed by atoms with Gasteiger partial charge in [0.25, 0.3) is 0 Å². The topological polar surface area (TPSA) is 42.2 Å². The number of rotatable bonds is 3. The number of carboxylic acids is 1. The number of hydrogen-bond acceptors (Lipinski definition) is 1. The predicted molar refractivity (Wildman–Crippen MR) is 90.6 cm³/mol. The van der Waals surface area contributed by atoms with Gasteiger partial charge in [-0.05, 0) is 61.0 Å². The molecule has 0 fully saturated rings. The van der Waals surface area contributed by atoms with E-state index in [9.17, 15) is 4.79 Å². The predicted octanol–water partition coefficient (Wildman–Crippen LogP) is 4.91. The van der Waals surface area contributed by atoms with E-state index in [-0.39, 0.29) is 0 Å². The lowest BCUT2D eigenvalue weighted by Gasteiger charge is -2.12. The lowest BCUT2D eigenvalue weighted by molar-refractivity contribution is 0.0697. The number of carbonyl (C=O) groups is 1. The van der Waals surface area contributed by atoms with E-state index in [0.29, 0.717) is 5.56 Å². The zero-order valence-corrected chi connectivity index (χ0v) is 13.5. The standard InChI is InChI=1S/C18H14BrNO2/c1-12-2-11-17(13-3-7-15(19)8-4-13)20(12)16-9-5-14(6-10-16)18(21)22/h2-11H,1H3,(H,21,22). The molecule has 0 aliphatic heterocycles. The Morgan fingerprint density at radius 3 is 2.18 bits per heavy atom. The van der Waals surface area contributed by atoms with Gasteiger partial charge in [0.1, 0.15) is 0 Å². The lowest BCUT2D eigenvalue weighted by Crippen LogP contribution is -2.01. The summed E-state index contributed by atoms with van der Waals surface area (Å²) >= 11 is 3.45. The van der Waals surface area contributed by atoms with Crippen molar-refractivity contribution in [1.29, 1.82) is 0 Å². The molecule has 3 aromatic rings. The summed E-state index contributed by atoms with van der Waals surface area (Å²) < 4.78 is 3.16. The first-order chi connectivity index (χ1) is 10.6. The Hall–Kier alpha value is -2.33. The Labute approximate surface area is 137 Å². The highest BCUT2D eigenvalue weighted by Crippen LogP contribution is 2.27. The van der Waals surface area contributed by atoms with Crippen LogP contribution in [0, 0.1) is 6.92 Å². The molecule has 3 nitrogen and oxygen atoms in total. The first-order valence-electron chi connectivity index (χ1n) is 6.84. The van der Waals surface area contributed by atoms with Crippen molar-refractivity contribution in [2.24, 2.45) is 0 Å². The Morgan fingerprint density at radius 2 is 1.59 bits per heavy atom. The van der Waals surface area contributed by atoms with Crippen molar-refractivity contribution in [3.63, 3.8) is 0 Å². The van der Waals surface area contributed by atoms with Crippen molar-refractivity contribution in [1.82, 2.24) is 4.57 Å². The Balaban J connectivity index is 2.09. The summed E-state index contributed by atoms with van der Waals surface area (Å²) in [6.07, 6.45) is 0. The van der Waals surface area contributed by atoms with Crippen LogP contribution in [0.25, 0.3) is 16.9 Å². The van der Waals surface area contributed by atoms with E-state index in [1.807, 2.05) is 31.2 Å². The third kappa shape index (κ3) is 2.70. The van der Waals surface area contributed by atoms with Gasteiger partial charge >= 0.3 is 5.97 Å². The van der Waals surface area contributed by atoms with Crippen molar-refractivity contribution in [2.45, 2.75) is 6.92 Å². The highest BCUT2D eigenvalue weighted by molar-refractivity contribution is 9.10. The van der Waals surface area contributed by atoms with Crippen molar-refractivity contribution in [3.05, 3.63) is 76.4 Å². The fourth-order valence-electron chi connectivity index (χ4n) is 2.48. The Bertz CT molecular complexity index is 817. The smallest absolute Gasteiger partial charge is 0.335 e. The van der Waals surface area contributed by atoms with Crippen LogP contribution in [-0.2, 0) is 0 Å². The number of aryl methyl sites for hydroxylation is 1. The van der Waals surface area contributed by atoms with Crippen LogP contribution >= 0.6 is 15.9 Å². The minimum absolute atomic E-state index is 0.291. The normalized spacial score (nSPS) is 10.6. The van der Waals surface area contributed by atoms with Crippen LogP contribution in [0.5, 0.6) is 0 Å². The van der Waals surface area contributed by atoms with Gasteiger partial charge in [0.2, 0.25) is 0 Å². The second-order valence-electron chi connectivity index (χ2n) is 5.05. The van der Waals surface area contributed by atoms with Gasteiger partial charge in [0.05, 0.1) is 11.3 Å². The number of carboxylic acid groups (broad SMARTS) is 1. The van der Waals surface area contributed by atoms with Crippen molar-refractivity contribution in [3.8, 4) is 16.9 Å². The second-order valence-corrected chi connectivity index (χ2v) is 5.97. The fourth-order valence-corrected chi connectivity index (χ4v) is 2.74. The highest BCUT2D eigenvalue weighted by atomic mass is 79.9. The average Bonchev–Trinajstić information content (AvgIpc) is 2.90. The van der Waals surface area contributed by atoms with Gasteiger partial charge in [-0.3, -0.25) is 0 Å². The molecular weight excluding hydrogens is 342 g/mol. The van der Waals surface area contributed by atoms with Gasteiger partial charge in [-0.1, -0.05) is 28.1 Å². The maximum atomic E-state index is 11.0. The maximum absolute atomic E-state index is 11.0. The van der Waals surface area contributed by atoms with Crippen molar-refractivity contribution >= 4 is 21.9 Å². The molecule has 0 atom stereocenters. The third-order valence-electron chi connectivity index (χ3n) is 3.59. The van der Waals surface area contributed by atoms with E-state index in [0.717, 1.165) is 27.1 Å². The number of halogens is 1. The molecule has 1 heterocycles. The van der Waals surface area contributed by atoms with E-state index in [4.69, 9.17) is 5.11 Å². The summed E-state index contributed by atoms with van der Waals surface area (Å²) in [5.74, 6) is -0.913. The molecule has 0 saturated carbocycles. The molecule has 0 aliphatic carbocycles. The van der Waals surface area contributed by atoms with Crippen LogP contribution in [0.1, 0.15) is 16.1 Å². The number of benzene rings is 2. The summed E-state index contributed by atoms with van der Waals surface area (Å²) in [6, 6.07) is 19.2. The SMILES string of the molecule is Cc1ccc(-c2ccc(Br)cc2)n1-c1ccc(C(=O)O)cc1. The van der Waals surface area contributed by atoms with Gasteiger partial charge in [-0.25, -0.2) is 4.79 Å². The zero-order chi connectivity index (χ0) is 15.7. The van der Waals surface area contributed by atoms with Crippen LogP contribution in [0.2, 0.25) is 0 Å². The van der Waals surface area contributed by atoms with Crippen LogP contribution < -0.4 is 0 Å². The first-order valence-corrected chi connectivity index (χ1v) is 7.63. The molecule has 0 bridgehead atoms. The second kappa shape index (κ2) is 5.81. The molecule has 0 amide bonds. The molecule has 2 aromatic carbocycles. The molecule has 0 saturated heterocycles. The lowest BCUT2D eigenvalue weighted by atomic mass is 10.1. The first kappa shape index (κ1) is 14.6. The van der Waals surface area contributed by atoms with Crippen molar-refractivity contribution < 1.29 is 9.90 Å². The summed E-state index contributed by atoms with van der Waals surface area (Å²) in [6.45, 7) is 2.04. The Kier molecular flexibility index (Phi) is 3.86. The third-order valence-corrected chi connectivity index (χ3v) is 4.12. The maximum Gasteiger partial charge on any atom is 0.335 e. The molecule has 22 heavy (non-hydrogen) atoms. The highest BCUT2D eigenvalue weighted by Gasteiger charge is 2.10. The minimum Gasteiger partial charge on any atom is -0.478 e. The fraction of sp³-hybridized carbons (Fsp3) is 0.0556. The monoisotopic (exact) mass is 355 g/mol. The van der Waals surface area contributed by atoms with Gasteiger partial charge < -0.3 is 9.67 Å². The number of aromatic nitrogens is 1. The minimum atomic E-state index is -0.913. The van der Waals surface area contributed by atoms with Gasteiger partial charge in [-0.2, -0.15) is 0 Å². The summed E-state index contributed by atoms with van der Waals surface area (Å²) in [5.41, 5.74) is 4.52. The van der Waals surface area contributed by atoms with Crippen LogP contribution in [0.4, 0.5) is 0 Å². The largest absolute Gasteiger partial charge is 0.478 e. The molecule has 0 unspecified atom stereocenters. The molecule has 0 aliphatic rings. The van der Waals surface area contributed by atoms with E-state index < -0.39 is 5.97 Å². The number of aromatic carboxylic acids is 1. The number of nitrogens with zero attached hydrogens (tertiary/aromatic N) is 1. The van der Waals surface area contributed by atoms with E-state index in [1.54, 1.807) is 12.1 Å². The average molecular weight is 356 g/mol. The molecule has 1 aromatic heterocycles. The molecule has 0 radical (unpaired) electrons. The number of hydrogen-bond donors (Lipinski definition) is 1. The molecule has 1 N–H and O–H groups in total. The van der Waals surface area contributed by atoms with Gasteiger partial charge in [0, 0.05) is 15.9 Å². The quantitative estimate of drug-likeness (QED) is 0.724. The van der Waals surface area contributed by atoms with Crippen LogP contribution in [0.15, 0.2) is 65.1 Å². The van der Waals surface area contributed by atoms with E-state index in [1.165, 1.54) is 0 Å². The summed E-state index contributed by atoms with van der Waals surface area (Å²) in [5, 5.41) is 9.01. The van der Waals surface area contributed by atoms with E-state index >= 15 is 0 Å². The van der Waals surface area contributed by atoms with Gasteiger partial charge in [-0.15, -0.1) is 0 Å². The van der Waals surface area contributed by atoms with Gasteiger partial charge in [0.15, 0.2) is 0 Å².